The first kappa shape index (κ1) is 22.1. The number of aromatic nitrogens is 3. The molecule has 2 aromatic carbocycles. The van der Waals surface area contributed by atoms with Crippen LogP contribution < -0.4 is 9.57 Å². The maximum absolute atomic E-state index is 14.2. The number of aromatic hydroxyl groups is 2. The lowest BCUT2D eigenvalue weighted by Gasteiger charge is -2.16. The fraction of sp³-hybridized carbons (Fsp3) is 0.182. The van der Waals surface area contributed by atoms with Crippen molar-refractivity contribution < 1.29 is 37.8 Å². The molecule has 0 atom stereocenters. The Labute approximate surface area is 185 Å². The zero-order valence-electron chi connectivity index (χ0n) is 17.4. The fourth-order valence-corrected chi connectivity index (χ4v) is 3.14. The zero-order chi connectivity index (χ0) is 23.9. The second-order valence-corrected chi connectivity index (χ2v) is 7.83. The highest BCUT2D eigenvalue weighted by Crippen LogP contribution is 2.33. The Kier molecular flexibility index (Phi) is 5.40. The summed E-state index contributed by atoms with van der Waals surface area (Å²) in [7, 11) is 0. The van der Waals surface area contributed by atoms with Crippen molar-refractivity contribution in [3.63, 3.8) is 0 Å². The van der Waals surface area contributed by atoms with E-state index in [4.69, 9.17) is 9.57 Å². The standard InChI is InChI=1S/C22H18F3N3O5/c1-22(2,25)11-27-16-9-14(21(31)33-28-19(29)5-6-20(28)30)18(7-12(16)10-26-27)32-17-4-3-13(23)8-15(17)24/h3-10,29-30H,11H2,1-2H3. The van der Waals surface area contributed by atoms with E-state index in [1.165, 1.54) is 36.9 Å². The number of hydrogen-bond donors (Lipinski definition) is 2. The van der Waals surface area contributed by atoms with Crippen molar-refractivity contribution in [2.75, 3.05) is 0 Å². The highest BCUT2D eigenvalue weighted by atomic mass is 19.1. The van der Waals surface area contributed by atoms with E-state index < -0.39 is 35.0 Å². The lowest BCUT2D eigenvalue weighted by molar-refractivity contribution is 0.0379. The quantitative estimate of drug-likeness (QED) is 0.443. The number of alkyl halides is 1. The number of carbonyl (C=O) groups is 1. The first-order chi connectivity index (χ1) is 15.5. The SMILES string of the molecule is CC(C)(F)Cn1ncc2cc(Oc3ccc(F)cc3F)c(C(=O)On3c(O)ccc3O)cc21. The van der Waals surface area contributed by atoms with Crippen LogP contribution in [0.2, 0.25) is 0 Å². The van der Waals surface area contributed by atoms with Gasteiger partial charge in [-0.05, 0) is 38.1 Å². The number of rotatable bonds is 6. The van der Waals surface area contributed by atoms with Crippen molar-refractivity contribution in [3.8, 4) is 23.3 Å². The van der Waals surface area contributed by atoms with Gasteiger partial charge in [-0.15, -0.1) is 4.73 Å². The lowest BCUT2D eigenvalue weighted by Crippen LogP contribution is -2.22. The van der Waals surface area contributed by atoms with Gasteiger partial charge < -0.3 is 19.8 Å². The maximum Gasteiger partial charge on any atom is 0.367 e. The van der Waals surface area contributed by atoms with E-state index in [1.54, 1.807) is 0 Å². The molecule has 11 heteroatoms. The van der Waals surface area contributed by atoms with Gasteiger partial charge >= 0.3 is 5.97 Å². The predicted molar refractivity (Wildman–Crippen MR) is 110 cm³/mol. The van der Waals surface area contributed by atoms with E-state index in [0.29, 0.717) is 21.7 Å². The third kappa shape index (κ3) is 4.56. The number of nitrogens with zero attached hydrogens (tertiary/aromatic N) is 3. The molecule has 0 bridgehead atoms. The highest BCUT2D eigenvalue weighted by molar-refractivity contribution is 5.98. The van der Waals surface area contributed by atoms with Crippen LogP contribution in [0.5, 0.6) is 23.3 Å². The molecule has 172 valence electrons. The molecule has 0 saturated carbocycles. The molecule has 4 rings (SSSR count). The van der Waals surface area contributed by atoms with Crippen LogP contribution in [-0.4, -0.2) is 36.4 Å². The first-order valence-corrected chi connectivity index (χ1v) is 9.65. The van der Waals surface area contributed by atoms with Gasteiger partial charge in [0.05, 0.1) is 18.3 Å². The normalized spacial score (nSPS) is 11.7. The molecule has 0 aliphatic carbocycles. The highest BCUT2D eigenvalue weighted by Gasteiger charge is 2.24. The molecule has 2 heterocycles. The smallest absolute Gasteiger partial charge is 0.367 e. The minimum absolute atomic E-state index is 0.128. The van der Waals surface area contributed by atoms with Crippen molar-refractivity contribution in [2.45, 2.75) is 26.1 Å². The summed E-state index contributed by atoms with van der Waals surface area (Å²) in [6.45, 7) is 2.60. The Morgan fingerprint density at radius 3 is 2.39 bits per heavy atom. The molecule has 0 fully saturated rings. The van der Waals surface area contributed by atoms with Gasteiger partial charge in [-0.3, -0.25) is 4.68 Å². The molecule has 2 aromatic heterocycles. The number of ether oxygens (including phenoxy) is 1. The first-order valence-electron chi connectivity index (χ1n) is 9.65. The lowest BCUT2D eigenvalue weighted by atomic mass is 10.1. The molecule has 0 radical (unpaired) electrons. The van der Waals surface area contributed by atoms with Crippen LogP contribution in [0.4, 0.5) is 13.2 Å². The minimum atomic E-state index is -1.62. The molecular weight excluding hydrogens is 443 g/mol. The van der Waals surface area contributed by atoms with Crippen LogP contribution in [-0.2, 0) is 6.54 Å². The van der Waals surface area contributed by atoms with Crippen molar-refractivity contribution in [2.24, 2.45) is 0 Å². The molecule has 0 aliphatic rings. The van der Waals surface area contributed by atoms with Crippen LogP contribution in [0.15, 0.2) is 48.7 Å². The van der Waals surface area contributed by atoms with Crippen LogP contribution in [0, 0.1) is 11.6 Å². The monoisotopic (exact) mass is 461 g/mol. The number of hydrogen-bond acceptors (Lipinski definition) is 6. The van der Waals surface area contributed by atoms with Gasteiger partial charge in [0, 0.05) is 23.6 Å². The number of carbonyl (C=O) groups excluding carboxylic acids is 1. The van der Waals surface area contributed by atoms with Crippen LogP contribution in [0.3, 0.4) is 0 Å². The van der Waals surface area contributed by atoms with Crippen LogP contribution in [0.1, 0.15) is 24.2 Å². The van der Waals surface area contributed by atoms with Crippen LogP contribution >= 0.6 is 0 Å². The second kappa shape index (κ2) is 8.08. The summed E-state index contributed by atoms with van der Waals surface area (Å²) in [5.74, 6) is -4.58. The Balaban J connectivity index is 1.81. The van der Waals surface area contributed by atoms with Gasteiger partial charge in [-0.1, -0.05) is 0 Å². The maximum atomic E-state index is 14.2. The van der Waals surface area contributed by atoms with E-state index in [2.05, 4.69) is 5.10 Å². The van der Waals surface area contributed by atoms with Crippen molar-refractivity contribution in [1.82, 2.24) is 14.5 Å². The summed E-state index contributed by atoms with van der Waals surface area (Å²) >= 11 is 0. The number of benzene rings is 2. The van der Waals surface area contributed by atoms with Gasteiger partial charge in [0.15, 0.2) is 11.6 Å². The minimum Gasteiger partial charge on any atom is -0.492 e. The molecule has 8 nitrogen and oxygen atoms in total. The summed E-state index contributed by atoms with van der Waals surface area (Å²) in [6.07, 6.45) is 1.41. The Bertz CT molecular complexity index is 1340. The second-order valence-electron chi connectivity index (χ2n) is 7.83. The van der Waals surface area contributed by atoms with Gasteiger partial charge in [0.25, 0.3) is 0 Å². The third-order valence-corrected chi connectivity index (χ3v) is 4.57. The van der Waals surface area contributed by atoms with E-state index in [1.807, 2.05) is 0 Å². The van der Waals surface area contributed by atoms with Crippen LogP contribution in [0.25, 0.3) is 10.9 Å². The zero-order valence-corrected chi connectivity index (χ0v) is 17.4. The van der Waals surface area contributed by atoms with Gasteiger partial charge in [0.1, 0.15) is 22.8 Å². The average molecular weight is 461 g/mol. The summed E-state index contributed by atoms with van der Waals surface area (Å²) < 4.78 is 49.0. The van der Waals surface area contributed by atoms with Crippen molar-refractivity contribution in [3.05, 3.63) is 65.9 Å². The fourth-order valence-electron chi connectivity index (χ4n) is 3.14. The summed E-state index contributed by atoms with van der Waals surface area (Å²) in [5, 5.41) is 24.1. The number of fused-ring (bicyclic) bond motifs is 1. The Hall–Kier alpha value is -4.15. The molecule has 0 unspecified atom stereocenters. The number of halogens is 3. The molecule has 2 N–H and O–H groups in total. The van der Waals surface area contributed by atoms with Gasteiger partial charge in [-0.2, -0.15) is 5.10 Å². The van der Waals surface area contributed by atoms with Gasteiger partial charge in [0.2, 0.25) is 11.8 Å². The van der Waals surface area contributed by atoms with E-state index in [-0.39, 0.29) is 23.6 Å². The van der Waals surface area contributed by atoms with Crippen molar-refractivity contribution >= 4 is 16.9 Å². The molecule has 0 aliphatic heterocycles. The Morgan fingerprint density at radius 1 is 1.06 bits per heavy atom. The average Bonchev–Trinajstić information content (AvgIpc) is 3.25. The van der Waals surface area contributed by atoms with E-state index in [9.17, 15) is 28.2 Å². The van der Waals surface area contributed by atoms with E-state index >= 15 is 0 Å². The molecule has 4 aromatic rings. The third-order valence-electron chi connectivity index (χ3n) is 4.57. The largest absolute Gasteiger partial charge is 0.492 e. The molecule has 0 amide bonds. The molecular formula is C22H18F3N3O5. The summed E-state index contributed by atoms with van der Waals surface area (Å²) in [4.78, 5) is 18.0. The van der Waals surface area contributed by atoms with Gasteiger partial charge in [-0.25, -0.2) is 18.0 Å². The Morgan fingerprint density at radius 2 is 1.76 bits per heavy atom. The summed E-state index contributed by atoms with van der Waals surface area (Å²) in [5.41, 5.74) is -1.52. The van der Waals surface area contributed by atoms with Crippen molar-refractivity contribution in [1.29, 1.82) is 0 Å². The topological polar surface area (TPSA) is 98.7 Å². The summed E-state index contributed by atoms with van der Waals surface area (Å²) in [6, 6.07) is 7.48. The predicted octanol–water partition coefficient (Wildman–Crippen LogP) is 4.34. The molecule has 0 spiro atoms. The molecule has 33 heavy (non-hydrogen) atoms. The van der Waals surface area contributed by atoms with E-state index in [0.717, 1.165) is 24.3 Å². The molecule has 0 saturated heterocycles.